The highest BCUT2D eigenvalue weighted by Gasteiger charge is 2.07. The van der Waals surface area contributed by atoms with Gasteiger partial charge in [0.1, 0.15) is 0 Å². The second kappa shape index (κ2) is 8.44. The van der Waals surface area contributed by atoms with Crippen LogP contribution in [-0.2, 0) is 4.79 Å². The molecule has 2 aliphatic rings. The smallest absolute Gasteiger partial charge is 0.209 e. The molecule has 0 aliphatic carbocycles. The Morgan fingerprint density at radius 1 is 0.882 bits per heavy atom. The maximum atomic E-state index is 10.2. The molecule has 100 valence electrons. The van der Waals surface area contributed by atoms with Crippen molar-refractivity contribution < 1.29 is 4.79 Å². The second-order valence-corrected chi connectivity index (χ2v) is 4.85. The number of hydrogen-bond donors (Lipinski definition) is 1. The van der Waals surface area contributed by atoms with Crippen molar-refractivity contribution in [2.24, 2.45) is 0 Å². The Bertz CT molecular complexity index is 187. The van der Waals surface area contributed by atoms with Crippen molar-refractivity contribution in [3.8, 4) is 0 Å². The molecule has 2 fully saturated rings. The molecule has 2 rings (SSSR count). The molecule has 0 bridgehead atoms. The van der Waals surface area contributed by atoms with E-state index in [-0.39, 0.29) is 0 Å². The zero-order valence-electron chi connectivity index (χ0n) is 11.2. The molecule has 0 aromatic heterocycles. The first-order valence-corrected chi connectivity index (χ1v) is 6.49. The van der Waals surface area contributed by atoms with Gasteiger partial charge in [0.25, 0.3) is 0 Å². The molecule has 0 aromatic carbocycles. The van der Waals surface area contributed by atoms with Crippen molar-refractivity contribution in [1.29, 1.82) is 0 Å². The molecule has 1 N–H and O–H groups in total. The number of nitrogens with zero attached hydrogens (tertiary/aromatic N) is 3. The number of carbonyl (C=O) groups excluding carboxylic acids is 1. The van der Waals surface area contributed by atoms with E-state index in [2.05, 4.69) is 29.2 Å². The van der Waals surface area contributed by atoms with Gasteiger partial charge in [-0.2, -0.15) is 0 Å². The lowest BCUT2D eigenvalue weighted by Gasteiger charge is -2.28. The number of rotatable bonds is 1. The van der Waals surface area contributed by atoms with Gasteiger partial charge in [-0.25, -0.2) is 0 Å². The summed E-state index contributed by atoms with van der Waals surface area (Å²) in [5.74, 6) is 0. The molecule has 0 aromatic rings. The third kappa shape index (κ3) is 6.61. The molecular weight excluding hydrogens is 216 g/mol. The van der Waals surface area contributed by atoms with Crippen LogP contribution >= 0.6 is 0 Å². The highest BCUT2D eigenvalue weighted by molar-refractivity contribution is 5.46. The summed E-state index contributed by atoms with van der Waals surface area (Å²) in [6.45, 7) is 8.70. The molecule has 17 heavy (non-hydrogen) atoms. The Labute approximate surface area is 105 Å². The molecule has 5 heteroatoms. The Morgan fingerprint density at radius 3 is 2.00 bits per heavy atom. The quantitative estimate of drug-likeness (QED) is 0.617. The van der Waals surface area contributed by atoms with Crippen LogP contribution < -0.4 is 5.32 Å². The van der Waals surface area contributed by atoms with Crippen LogP contribution in [-0.4, -0.2) is 87.6 Å². The van der Waals surface area contributed by atoms with Gasteiger partial charge in [0.2, 0.25) is 6.41 Å². The van der Waals surface area contributed by atoms with E-state index in [9.17, 15) is 4.79 Å². The third-order valence-electron chi connectivity index (χ3n) is 3.25. The standard InChI is InChI=1S/C6H12N2O.C6H14N2/c9-6-8-4-1-2-7-3-5-8;1-7-3-5-8(2)6-4-7/h6-7H,1-5H2;3-6H2,1-2H3. The first-order chi connectivity index (χ1) is 8.22. The Hall–Kier alpha value is -0.650. The number of amides is 1. The fourth-order valence-corrected chi connectivity index (χ4v) is 1.88. The lowest BCUT2D eigenvalue weighted by molar-refractivity contribution is -0.117. The first-order valence-electron chi connectivity index (χ1n) is 6.49. The van der Waals surface area contributed by atoms with Gasteiger partial charge in [0.05, 0.1) is 0 Å². The van der Waals surface area contributed by atoms with Crippen molar-refractivity contribution in [1.82, 2.24) is 20.0 Å². The molecule has 2 heterocycles. The van der Waals surface area contributed by atoms with Gasteiger partial charge in [-0.3, -0.25) is 4.79 Å². The Kier molecular flexibility index (Phi) is 7.16. The molecule has 0 spiro atoms. The summed E-state index contributed by atoms with van der Waals surface area (Å²) in [6, 6.07) is 0. The predicted molar refractivity (Wildman–Crippen MR) is 70.1 cm³/mol. The minimum absolute atomic E-state index is 0.865. The fraction of sp³-hybridized carbons (Fsp3) is 0.917. The van der Waals surface area contributed by atoms with Gasteiger partial charge in [-0.1, -0.05) is 0 Å². The summed E-state index contributed by atoms with van der Waals surface area (Å²) >= 11 is 0. The van der Waals surface area contributed by atoms with Gasteiger partial charge in [-0.15, -0.1) is 0 Å². The van der Waals surface area contributed by atoms with E-state index in [1.54, 1.807) is 4.90 Å². The van der Waals surface area contributed by atoms with E-state index in [4.69, 9.17) is 0 Å². The number of piperazine rings is 1. The molecule has 0 radical (unpaired) electrons. The van der Waals surface area contributed by atoms with E-state index in [0.29, 0.717) is 0 Å². The fourth-order valence-electron chi connectivity index (χ4n) is 1.88. The summed E-state index contributed by atoms with van der Waals surface area (Å²) in [7, 11) is 4.35. The molecule has 1 amide bonds. The maximum Gasteiger partial charge on any atom is 0.209 e. The molecule has 0 atom stereocenters. The van der Waals surface area contributed by atoms with E-state index in [1.165, 1.54) is 26.2 Å². The maximum absolute atomic E-state index is 10.2. The minimum atomic E-state index is 0.865. The molecular formula is C12H26N4O. The number of hydrogen-bond acceptors (Lipinski definition) is 4. The monoisotopic (exact) mass is 242 g/mol. The summed E-state index contributed by atoms with van der Waals surface area (Å²) < 4.78 is 0. The predicted octanol–water partition coefficient (Wildman–Crippen LogP) is -0.698. The Balaban J connectivity index is 0.000000171. The third-order valence-corrected chi connectivity index (χ3v) is 3.25. The highest BCUT2D eigenvalue weighted by Crippen LogP contribution is 1.93. The van der Waals surface area contributed by atoms with Crippen LogP contribution in [0.1, 0.15) is 6.42 Å². The van der Waals surface area contributed by atoms with Crippen LogP contribution in [0.3, 0.4) is 0 Å². The van der Waals surface area contributed by atoms with Crippen LogP contribution in [0.4, 0.5) is 0 Å². The number of nitrogens with one attached hydrogen (secondary N) is 1. The molecule has 0 saturated carbocycles. The SMILES string of the molecule is CN1CCN(C)CC1.O=CN1CCCNCC1. The largest absolute Gasteiger partial charge is 0.344 e. The van der Waals surface area contributed by atoms with Crippen molar-refractivity contribution in [2.75, 3.05) is 66.5 Å². The molecule has 5 nitrogen and oxygen atoms in total. The van der Waals surface area contributed by atoms with Crippen molar-refractivity contribution >= 4 is 6.41 Å². The molecule has 2 saturated heterocycles. The molecule has 0 unspecified atom stereocenters. The van der Waals surface area contributed by atoms with Crippen molar-refractivity contribution in [2.45, 2.75) is 6.42 Å². The van der Waals surface area contributed by atoms with E-state index >= 15 is 0 Å². The van der Waals surface area contributed by atoms with Gasteiger partial charge in [0.15, 0.2) is 0 Å². The van der Waals surface area contributed by atoms with Crippen LogP contribution in [0.2, 0.25) is 0 Å². The van der Waals surface area contributed by atoms with Gasteiger partial charge in [0, 0.05) is 45.8 Å². The first kappa shape index (κ1) is 14.4. The highest BCUT2D eigenvalue weighted by atomic mass is 16.1. The average molecular weight is 242 g/mol. The van der Waals surface area contributed by atoms with Crippen LogP contribution in [0.15, 0.2) is 0 Å². The second-order valence-electron chi connectivity index (χ2n) is 4.85. The van der Waals surface area contributed by atoms with Crippen molar-refractivity contribution in [3.63, 3.8) is 0 Å². The minimum Gasteiger partial charge on any atom is -0.344 e. The van der Waals surface area contributed by atoms with Gasteiger partial charge in [-0.05, 0) is 27.1 Å². The summed E-state index contributed by atoms with van der Waals surface area (Å²) in [4.78, 5) is 16.7. The lowest BCUT2D eigenvalue weighted by atomic mass is 10.4. The number of likely N-dealkylation sites (N-methyl/N-ethyl adjacent to an activating group) is 2. The lowest BCUT2D eigenvalue weighted by Crippen LogP contribution is -2.42. The average Bonchev–Trinajstić information content (AvgIpc) is 2.62. The van der Waals surface area contributed by atoms with Crippen LogP contribution in [0, 0.1) is 0 Å². The van der Waals surface area contributed by atoms with Crippen LogP contribution in [0.25, 0.3) is 0 Å². The van der Waals surface area contributed by atoms with Crippen molar-refractivity contribution in [3.05, 3.63) is 0 Å². The summed E-state index contributed by atoms with van der Waals surface area (Å²) in [5.41, 5.74) is 0. The normalized spacial score (nSPS) is 23.5. The van der Waals surface area contributed by atoms with Gasteiger partial charge >= 0.3 is 0 Å². The summed E-state index contributed by atoms with van der Waals surface area (Å²) in [6.07, 6.45) is 2.01. The summed E-state index contributed by atoms with van der Waals surface area (Å²) in [5, 5.41) is 3.21. The van der Waals surface area contributed by atoms with E-state index < -0.39 is 0 Å². The topological polar surface area (TPSA) is 38.8 Å². The zero-order chi connectivity index (χ0) is 12.5. The van der Waals surface area contributed by atoms with Gasteiger partial charge < -0.3 is 20.0 Å². The molecule has 2 aliphatic heterocycles. The van der Waals surface area contributed by atoms with Crippen LogP contribution in [0.5, 0.6) is 0 Å². The zero-order valence-corrected chi connectivity index (χ0v) is 11.2. The van der Waals surface area contributed by atoms with E-state index in [1.807, 2.05) is 0 Å². The van der Waals surface area contributed by atoms with E-state index in [0.717, 1.165) is 39.0 Å². The number of carbonyl (C=O) groups is 1. The Morgan fingerprint density at radius 2 is 1.47 bits per heavy atom.